The lowest BCUT2D eigenvalue weighted by Crippen LogP contribution is -2.39. The number of cyclic esters (lactones) is 1. The van der Waals surface area contributed by atoms with Crippen LogP contribution in [-0.2, 0) is 9.53 Å². The minimum Gasteiger partial charge on any atom is -0.465 e. The smallest absolute Gasteiger partial charge is 0.306 e. The van der Waals surface area contributed by atoms with Crippen molar-refractivity contribution in [3.8, 4) is 0 Å². The molecule has 3 aliphatic rings. The third kappa shape index (κ3) is 0.969. The SMILES string of the molecule is O=C1CC2(CO1)CC1CC[C@@]2(I)C1. The van der Waals surface area contributed by atoms with E-state index in [0.717, 1.165) is 5.92 Å². The van der Waals surface area contributed by atoms with Gasteiger partial charge < -0.3 is 4.74 Å². The van der Waals surface area contributed by atoms with Gasteiger partial charge in [-0.15, -0.1) is 0 Å². The van der Waals surface area contributed by atoms with Crippen LogP contribution in [0.5, 0.6) is 0 Å². The Morgan fingerprint density at radius 3 is 2.77 bits per heavy atom. The van der Waals surface area contributed by atoms with E-state index in [4.69, 9.17) is 4.74 Å². The van der Waals surface area contributed by atoms with Crippen molar-refractivity contribution in [1.29, 1.82) is 0 Å². The van der Waals surface area contributed by atoms with E-state index in [1.807, 2.05) is 0 Å². The first-order valence-electron chi connectivity index (χ1n) is 4.98. The van der Waals surface area contributed by atoms with E-state index in [2.05, 4.69) is 22.6 Å². The molecule has 3 fully saturated rings. The highest BCUT2D eigenvalue weighted by Crippen LogP contribution is 2.66. The number of ether oxygens (including phenoxy) is 1. The standard InChI is InChI=1S/C10H13IO2/c11-10-2-1-7(4-10)3-9(10)5-8(12)13-6-9/h7H,1-6H2/t7?,9?,10-/m1/s1. The zero-order chi connectivity index (χ0) is 9.10. The van der Waals surface area contributed by atoms with Crippen molar-refractivity contribution >= 4 is 28.6 Å². The van der Waals surface area contributed by atoms with Crippen molar-refractivity contribution in [3.63, 3.8) is 0 Å². The molecule has 13 heavy (non-hydrogen) atoms. The largest absolute Gasteiger partial charge is 0.465 e. The summed E-state index contributed by atoms with van der Waals surface area (Å²) in [6.45, 7) is 0.700. The molecule has 2 unspecified atom stereocenters. The van der Waals surface area contributed by atoms with Crippen molar-refractivity contribution in [2.75, 3.05) is 6.61 Å². The number of alkyl halides is 1. The van der Waals surface area contributed by atoms with Gasteiger partial charge in [0.2, 0.25) is 0 Å². The highest BCUT2D eigenvalue weighted by molar-refractivity contribution is 14.1. The Hall–Kier alpha value is 0.200. The van der Waals surface area contributed by atoms with E-state index in [9.17, 15) is 4.79 Å². The number of halogens is 1. The Morgan fingerprint density at radius 2 is 2.31 bits per heavy atom. The van der Waals surface area contributed by atoms with Crippen molar-refractivity contribution in [2.24, 2.45) is 11.3 Å². The lowest BCUT2D eigenvalue weighted by molar-refractivity contribution is -0.137. The van der Waals surface area contributed by atoms with Gasteiger partial charge in [0.25, 0.3) is 0 Å². The second-order valence-corrected chi connectivity index (χ2v) is 6.96. The Balaban J connectivity index is 1.97. The van der Waals surface area contributed by atoms with Crippen LogP contribution in [0.2, 0.25) is 0 Å². The molecule has 0 radical (unpaired) electrons. The van der Waals surface area contributed by atoms with E-state index >= 15 is 0 Å². The Morgan fingerprint density at radius 1 is 1.46 bits per heavy atom. The summed E-state index contributed by atoms with van der Waals surface area (Å²) < 4.78 is 5.56. The summed E-state index contributed by atoms with van der Waals surface area (Å²) in [6, 6.07) is 0. The first-order valence-corrected chi connectivity index (χ1v) is 6.06. The van der Waals surface area contributed by atoms with Gasteiger partial charge in [0.05, 0.1) is 13.0 Å². The third-order valence-electron chi connectivity index (χ3n) is 4.18. The van der Waals surface area contributed by atoms with Crippen LogP contribution in [0.15, 0.2) is 0 Å². The quantitative estimate of drug-likeness (QED) is 0.389. The van der Waals surface area contributed by atoms with Crippen LogP contribution in [0, 0.1) is 11.3 Å². The number of hydrogen-bond donors (Lipinski definition) is 0. The summed E-state index contributed by atoms with van der Waals surface area (Å²) in [5, 5.41) is 0. The lowest BCUT2D eigenvalue weighted by atomic mass is 9.72. The molecule has 2 nitrogen and oxygen atoms in total. The van der Waals surface area contributed by atoms with Crippen LogP contribution in [0.4, 0.5) is 0 Å². The van der Waals surface area contributed by atoms with Crippen molar-refractivity contribution in [1.82, 2.24) is 0 Å². The second kappa shape index (κ2) is 2.41. The van der Waals surface area contributed by atoms with E-state index < -0.39 is 0 Å². The maximum Gasteiger partial charge on any atom is 0.306 e. The molecule has 3 heteroatoms. The van der Waals surface area contributed by atoms with Gasteiger partial charge >= 0.3 is 5.97 Å². The van der Waals surface area contributed by atoms with Crippen molar-refractivity contribution < 1.29 is 9.53 Å². The van der Waals surface area contributed by atoms with Gasteiger partial charge in [-0.1, -0.05) is 22.6 Å². The molecule has 2 saturated carbocycles. The molecule has 3 atom stereocenters. The molecular weight excluding hydrogens is 279 g/mol. The zero-order valence-electron chi connectivity index (χ0n) is 7.51. The minimum atomic E-state index is 0.0311. The summed E-state index contributed by atoms with van der Waals surface area (Å²) in [7, 11) is 0. The molecule has 1 spiro atoms. The summed E-state index contributed by atoms with van der Waals surface area (Å²) >= 11 is 2.60. The Bertz CT molecular complexity index is 278. The van der Waals surface area contributed by atoms with Gasteiger partial charge in [0.1, 0.15) is 0 Å². The van der Waals surface area contributed by atoms with Crippen molar-refractivity contribution in [3.05, 3.63) is 0 Å². The lowest BCUT2D eigenvalue weighted by Gasteiger charge is -2.37. The predicted molar refractivity (Wildman–Crippen MR) is 56.7 cm³/mol. The fourth-order valence-electron chi connectivity index (χ4n) is 3.50. The van der Waals surface area contributed by atoms with E-state index in [1.54, 1.807) is 0 Å². The van der Waals surface area contributed by atoms with E-state index in [-0.39, 0.29) is 11.4 Å². The summed E-state index contributed by atoms with van der Waals surface area (Å²) in [5.74, 6) is 0.912. The van der Waals surface area contributed by atoms with Crippen LogP contribution >= 0.6 is 22.6 Å². The summed E-state index contributed by atoms with van der Waals surface area (Å²) in [5.41, 5.74) is 0.230. The molecule has 2 bridgehead atoms. The average Bonchev–Trinajstić information content (AvgIpc) is 2.65. The Labute approximate surface area is 91.5 Å². The molecule has 2 aliphatic carbocycles. The maximum atomic E-state index is 11.2. The summed E-state index contributed by atoms with van der Waals surface area (Å²) in [4.78, 5) is 11.2. The number of esters is 1. The van der Waals surface area contributed by atoms with Gasteiger partial charge in [0.15, 0.2) is 0 Å². The third-order valence-corrected chi connectivity index (χ3v) is 6.31. The number of carbonyl (C=O) groups is 1. The van der Waals surface area contributed by atoms with Gasteiger partial charge in [-0.3, -0.25) is 4.79 Å². The van der Waals surface area contributed by atoms with Crippen LogP contribution in [-0.4, -0.2) is 16.0 Å². The first-order chi connectivity index (χ1) is 6.14. The second-order valence-electron chi connectivity index (χ2n) is 4.90. The fourth-order valence-corrected chi connectivity index (χ4v) is 5.00. The van der Waals surface area contributed by atoms with Gasteiger partial charge in [-0.05, 0) is 31.6 Å². The molecule has 0 aromatic carbocycles. The molecule has 1 heterocycles. The predicted octanol–water partition coefficient (Wildman–Crippen LogP) is 2.30. The fraction of sp³-hybridized carbons (Fsp3) is 0.900. The molecule has 1 aliphatic heterocycles. The molecule has 72 valence electrons. The van der Waals surface area contributed by atoms with Gasteiger partial charge in [0, 0.05) is 8.84 Å². The molecule has 0 aromatic heterocycles. The number of fused-ring (bicyclic) bond motifs is 3. The maximum absolute atomic E-state index is 11.2. The monoisotopic (exact) mass is 292 g/mol. The topological polar surface area (TPSA) is 26.3 Å². The van der Waals surface area contributed by atoms with E-state index in [0.29, 0.717) is 16.4 Å². The highest BCUT2D eigenvalue weighted by atomic mass is 127. The number of rotatable bonds is 0. The average molecular weight is 292 g/mol. The summed E-state index contributed by atoms with van der Waals surface area (Å²) in [6.07, 6.45) is 5.92. The zero-order valence-corrected chi connectivity index (χ0v) is 9.67. The minimum absolute atomic E-state index is 0.0311. The Kier molecular flexibility index (Phi) is 1.58. The molecular formula is C10H13IO2. The molecule has 3 rings (SSSR count). The van der Waals surface area contributed by atoms with Crippen molar-refractivity contribution in [2.45, 2.75) is 35.5 Å². The van der Waals surface area contributed by atoms with Crippen LogP contribution in [0.25, 0.3) is 0 Å². The van der Waals surface area contributed by atoms with Crippen LogP contribution in [0.1, 0.15) is 32.1 Å². The molecule has 0 aromatic rings. The highest BCUT2D eigenvalue weighted by Gasteiger charge is 2.63. The first kappa shape index (κ1) is 8.50. The molecule has 0 N–H and O–H groups in total. The van der Waals surface area contributed by atoms with Gasteiger partial charge in [-0.2, -0.15) is 0 Å². The van der Waals surface area contributed by atoms with Crippen LogP contribution < -0.4 is 0 Å². The molecule has 0 amide bonds. The van der Waals surface area contributed by atoms with Gasteiger partial charge in [-0.25, -0.2) is 0 Å². The normalized spacial score (nSPS) is 53.3. The number of hydrogen-bond acceptors (Lipinski definition) is 2. The number of carbonyl (C=O) groups excluding carboxylic acids is 1. The molecule has 1 saturated heterocycles. The van der Waals surface area contributed by atoms with Crippen LogP contribution in [0.3, 0.4) is 0 Å². The van der Waals surface area contributed by atoms with E-state index in [1.165, 1.54) is 25.7 Å².